The number of halogens is 2. The Bertz CT molecular complexity index is 712. The molecule has 1 aliphatic heterocycles. The normalized spacial score (nSPS) is 15.5. The van der Waals surface area contributed by atoms with E-state index < -0.39 is 5.82 Å². The summed E-state index contributed by atoms with van der Waals surface area (Å²) in [5.41, 5.74) is 1.74. The minimum Gasteiger partial charge on any atom is -0.320 e. The summed E-state index contributed by atoms with van der Waals surface area (Å²) in [6.07, 6.45) is 3.04. The largest absolute Gasteiger partial charge is 0.320 e. The number of amides is 1. The van der Waals surface area contributed by atoms with Gasteiger partial charge in [0.2, 0.25) is 0 Å². The Kier molecular flexibility index (Phi) is 2.80. The number of carbonyl (C=O) groups excluding carboxylic acids is 1. The molecule has 3 nitrogen and oxygen atoms in total. The Morgan fingerprint density at radius 1 is 1.26 bits per heavy atom. The molecule has 1 aromatic carbocycles. The first-order chi connectivity index (χ1) is 9.16. The number of nitrogens with one attached hydrogen (secondary N) is 1. The molecule has 1 aromatic heterocycles. The topological polar surface area (TPSA) is 42.0 Å². The number of carbonyl (C=O) groups is 1. The van der Waals surface area contributed by atoms with Crippen molar-refractivity contribution in [3.63, 3.8) is 0 Å². The molecule has 2 aromatic rings. The monoisotopic (exact) mass is 274 g/mol. The van der Waals surface area contributed by atoms with Crippen LogP contribution in [0.1, 0.15) is 11.3 Å². The van der Waals surface area contributed by atoms with Gasteiger partial charge in [-0.15, -0.1) is 0 Å². The lowest BCUT2D eigenvalue weighted by atomic mass is 10.1. The van der Waals surface area contributed by atoms with Crippen LogP contribution in [-0.2, 0) is 4.79 Å². The van der Waals surface area contributed by atoms with Crippen molar-refractivity contribution in [2.45, 2.75) is 0 Å². The Morgan fingerprint density at radius 3 is 2.95 bits per heavy atom. The highest BCUT2D eigenvalue weighted by molar-refractivity contribution is 6.34. The number of rotatable bonds is 1. The minimum absolute atomic E-state index is 0.0222. The third-order valence-corrected chi connectivity index (χ3v) is 3.13. The van der Waals surface area contributed by atoms with Crippen molar-refractivity contribution in [3.8, 4) is 0 Å². The van der Waals surface area contributed by atoms with Gasteiger partial charge in [-0.1, -0.05) is 23.7 Å². The second-order valence-corrected chi connectivity index (χ2v) is 4.46. The van der Waals surface area contributed by atoms with E-state index in [1.165, 1.54) is 12.1 Å². The van der Waals surface area contributed by atoms with Crippen molar-refractivity contribution in [1.29, 1.82) is 0 Å². The van der Waals surface area contributed by atoms with Crippen LogP contribution in [-0.4, -0.2) is 10.9 Å². The smallest absolute Gasteiger partial charge is 0.258 e. The number of aromatic nitrogens is 1. The van der Waals surface area contributed by atoms with E-state index in [9.17, 15) is 9.18 Å². The minimum atomic E-state index is -0.547. The van der Waals surface area contributed by atoms with Crippen molar-refractivity contribution in [2.75, 3.05) is 5.32 Å². The average Bonchev–Trinajstić information content (AvgIpc) is 2.72. The van der Waals surface area contributed by atoms with Gasteiger partial charge in [0.15, 0.2) is 0 Å². The maximum atomic E-state index is 13.8. The Balaban J connectivity index is 2.14. The summed E-state index contributed by atoms with van der Waals surface area (Å²) < 4.78 is 13.8. The molecular weight excluding hydrogens is 267 g/mol. The number of fused-ring (bicyclic) bond motifs is 1. The molecule has 0 fully saturated rings. The van der Waals surface area contributed by atoms with Crippen LogP contribution < -0.4 is 5.32 Å². The lowest BCUT2D eigenvalue weighted by Crippen LogP contribution is -2.03. The first-order valence-electron chi connectivity index (χ1n) is 5.59. The van der Waals surface area contributed by atoms with Crippen molar-refractivity contribution in [1.82, 2.24) is 4.98 Å². The lowest BCUT2D eigenvalue weighted by molar-refractivity contribution is -0.110. The second-order valence-electron chi connectivity index (χ2n) is 4.05. The molecule has 94 valence electrons. The highest BCUT2D eigenvalue weighted by Gasteiger charge is 2.25. The first-order valence-corrected chi connectivity index (χ1v) is 5.97. The van der Waals surface area contributed by atoms with E-state index in [1.54, 1.807) is 30.5 Å². The highest BCUT2D eigenvalue weighted by Crippen LogP contribution is 2.31. The van der Waals surface area contributed by atoms with E-state index in [1.807, 2.05) is 0 Å². The van der Waals surface area contributed by atoms with Gasteiger partial charge in [-0.3, -0.25) is 9.78 Å². The van der Waals surface area contributed by atoms with Gasteiger partial charge in [0.05, 0.1) is 22.0 Å². The van der Waals surface area contributed by atoms with Crippen LogP contribution >= 0.6 is 11.6 Å². The molecule has 2 heterocycles. The maximum absolute atomic E-state index is 13.8. The highest BCUT2D eigenvalue weighted by atomic mass is 35.5. The number of anilines is 1. The van der Waals surface area contributed by atoms with Gasteiger partial charge < -0.3 is 5.32 Å². The molecule has 0 saturated carbocycles. The molecule has 0 aliphatic carbocycles. The summed E-state index contributed by atoms with van der Waals surface area (Å²) in [6, 6.07) is 8.11. The number of hydrogen-bond acceptors (Lipinski definition) is 2. The molecule has 19 heavy (non-hydrogen) atoms. The zero-order chi connectivity index (χ0) is 13.4. The fraction of sp³-hybridized carbons (Fsp3) is 0. The van der Waals surface area contributed by atoms with Crippen LogP contribution in [0.5, 0.6) is 0 Å². The summed E-state index contributed by atoms with van der Waals surface area (Å²) in [5, 5.41) is 2.70. The quantitative estimate of drug-likeness (QED) is 0.810. The van der Waals surface area contributed by atoms with Gasteiger partial charge in [0.1, 0.15) is 5.82 Å². The van der Waals surface area contributed by atoms with E-state index in [2.05, 4.69) is 10.3 Å². The summed E-state index contributed by atoms with van der Waals surface area (Å²) >= 11 is 5.72. The lowest BCUT2D eigenvalue weighted by Gasteiger charge is -2.00. The molecule has 1 aliphatic rings. The molecule has 0 bridgehead atoms. The first kappa shape index (κ1) is 11.9. The molecule has 0 saturated heterocycles. The molecule has 0 spiro atoms. The van der Waals surface area contributed by atoms with E-state index in [-0.39, 0.29) is 16.5 Å². The van der Waals surface area contributed by atoms with Gasteiger partial charge in [-0.2, -0.15) is 0 Å². The van der Waals surface area contributed by atoms with Crippen molar-refractivity contribution < 1.29 is 9.18 Å². The zero-order valence-corrected chi connectivity index (χ0v) is 10.4. The predicted octanol–water partition coefficient (Wildman–Crippen LogP) is 3.37. The van der Waals surface area contributed by atoms with E-state index >= 15 is 0 Å². The van der Waals surface area contributed by atoms with E-state index in [0.717, 1.165) is 0 Å². The van der Waals surface area contributed by atoms with Crippen molar-refractivity contribution in [2.24, 2.45) is 0 Å². The SMILES string of the molecule is O=C1Nc2cccnc2/C1=C\c1cccc(Cl)c1F. The summed E-state index contributed by atoms with van der Waals surface area (Å²) in [4.78, 5) is 16.0. The molecule has 1 amide bonds. The maximum Gasteiger partial charge on any atom is 0.258 e. The van der Waals surface area contributed by atoms with Gasteiger partial charge in [0.25, 0.3) is 5.91 Å². The van der Waals surface area contributed by atoms with Gasteiger partial charge in [-0.05, 0) is 24.3 Å². The van der Waals surface area contributed by atoms with Crippen LogP contribution in [0.2, 0.25) is 5.02 Å². The molecule has 0 radical (unpaired) electrons. The molecular formula is C14H8ClFN2O. The third kappa shape index (κ3) is 2.00. The predicted molar refractivity (Wildman–Crippen MR) is 72.1 cm³/mol. The molecule has 0 atom stereocenters. The Labute approximate surface area is 113 Å². The fourth-order valence-electron chi connectivity index (χ4n) is 1.94. The van der Waals surface area contributed by atoms with Crippen LogP contribution in [0.3, 0.4) is 0 Å². The van der Waals surface area contributed by atoms with E-state index in [4.69, 9.17) is 11.6 Å². The Hall–Kier alpha value is -2.20. The second kappa shape index (κ2) is 4.48. The van der Waals surface area contributed by atoms with Crippen molar-refractivity contribution in [3.05, 3.63) is 58.6 Å². The van der Waals surface area contributed by atoms with Crippen LogP contribution in [0, 0.1) is 5.82 Å². The van der Waals surface area contributed by atoms with E-state index in [0.29, 0.717) is 17.0 Å². The fourth-order valence-corrected chi connectivity index (χ4v) is 2.12. The van der Waals surface area contributed by atoms with Gasteiger partial charge in [0, 0.05) is 11.8 Å². The summed E-state index contributed by atoms with van der Waals surface area (Å²) in [7, 11) is 0. The Morgan fingerprint density at radius 2 is 2.11 bits per heavy atom. The molecule has 5 heteroatoms. The average molecular weight is 275 g/mol. The van der Waals surface area contributed by atoms with Crippen LogP contribution in [0.4, 0.5) is 10.1 Å². The standard InChI is InChI=1S/C14H8ClFN2O/c15-10-4-1-3-8(12(10)16)7-9-13-11(18-14(9)19)5-2-6-17-13/h1-7H,(H,18,19)/b9-7+. The zero-order valence-electron chi connectivity index (χ0n) is 9.65. The van der Waals surface area contributed by atoms with Crippen LogP contribution in [0.25, 0.3) is 11.6 Å². The number of nitrogens with zero attached hydrogens (tertiary/aromatic N) is 1. The molecule has 3 rings (SSSR count). The summed E-state index contributed by atoms with van der Waals surface area (Å²) in [6.45, 7) is 0. The third-order valence-electron chi connectivity index (χ3n) is 2.84. The van der Waals surface area contributed by atoms with Crippen molar-refractivity contribution >= 4 is 34.8 Å². The molecule has 0 unspecified atom stereocenters. The summed E-state index contributed by atoms with van der Waals surface area (Å²) in [5.74, 6) is -0.845. The van der Waals surface area contributed by atoms with Gasteiger partial charge in [-0.25, -0.2) is 4.39 Å². The van der Waals surface area contributed by atoms with Crippen LogP contribution in [0.15, 0.2) is 36.5 Å². The number of benzene rings is 1. The van der Waals surface area contributed by atoms with Gasteiger partial charge >= 0.3 is 0 Å². The molecule has 1 N–H and O–H groups in total. The number of pyridine rings is 1. The number of hydrogen-bond donors (Lipinski definition) is 1.